The Morgan fingerprint density at radius 2 is 2.22 bits per heavy atom. The molecule has 1 aromatic rings. The Morgan fingerprint density at radius 3 is 2.89 bits per heavy atom. The van der Waals surface area contributed by atoms with Gasteiger partial charge in [0.15, 0.2) is 0 Å². The normalized spacial score (nSPS) is 14.5. The van der Waals surface area contributed by atoms with Gasteiger partial charge in [-0.3, -0.25) is 14.9 Å². The molecule has 6 heteroatoms. The SMILES string of the molecule is O=C1c2cc([N+](=O)[O-])ccc2CCN1CCCBr. The summed E-state index contributed by atoms with van der Waals surface area (Å²) >= 11 is 3.33. The second-order valence-electron chi connectivity index (χ2n) is 4.18. The molecule has 1 aliphatic rings. The van der Waals surface area contributed by atoms with Crippen LogP contribution in [0, 0.1) is 10.1 Å². The van der Waals surface area contributed by atoms with Crippen molar-refractivity contribution < 1.29 is 9.72 Å². The van der Waals surface area contributed by atoms with Gasteiger partial charge in [0.1, 0.15) is 0 Å². The molecule has 0 saturated heterocycles. The fourth-order valence-corrected chi connectivity index (χ4v) is 2.34. The largest absolute Gasteiger partial charge is 0.338 e. The van der Waals surface area contributed by atoms with E-state index in [2.05, 4.69) is 15.9 Å². The van der Waals surface area contributed by atoms with Crippen LogP contribution in [0.3, 0.4) is 0 Å². The predicted octanol–water partition coefficient (Wildman–Crippen LogP) is 2.38. The first kappa shape index (κ1) is 13.0. The number of fused-ring (bicyclic) bond motifs is 1. The highest BCUT2D eigenvalue weighted by atomic mass is 79.9. The minimum absolute atomic E-state index is 0.0237. The predicted molar refractivity (Wildman–Crippen MR) is 71.1 cm³/mol. The molecule has 0 unspecified atom stereocenters. The number of benzene rings is 1. The number of nitro groups is 1. The Morgan fingerprint density at radius 1 is 1.44 bits per heavy atom. The van der Waals surface area contributed by atoms with Gasteiger partial charge in [0, 0.05) is 36.1 Å². The molecule has 1 heterocycles. The van der Waals surface area contributed by atoms with Crippen LogP contribution in [0.2, 0.25) is 0 Å². The Labute approximate surface area is 113 Å². The summed E-state index contributed by atoms with van der Waals surface area (Å²) in [6, 6.07) is 4.53. The lowest BCUT2D eigenvalue weighted by molar-refractivity contribution is -0.384. The molecule has 0 aliphatic carbocycles. The zero-order valence-electron chi connectivity index (χ0n) is 9.76. The highest BCUT2D eigenvalue weighted by molar-refractivity contribution is 9.09. The molecule has 0 spiro atoms. The molecule has 0 bridgehead atoms. The number of alkyl halides is 1. The van der Waals surface area contributed by atoms with Crippen molar-refractivity contribution in [2.24, 2.45) is 0 Å². The van der Waals surface area contributed by atoms with Gasteiger partial charge in [0.05, 0.1) is 4.92 Å². The first-order valence-corrected chi connectivity index (χ1v) is 6.88. The highest BCUT2D eigenvalue weighted by Gasteiger charge is 2.25. The number of hydrogen-bond donors (Lipinski definition) is 0. The van der Waals surface area contributed by atoms with E-state index in [9.17, 15) is 14.9 Å². The third-order valence-electron chi connectivity index (χ3n) is 3.03. The van der Waals surface area contributed by atoms with E-state index in [4.69, 9.17) is 0 Å². The number of carbonyl (C=O) groups excluding carboxylic acids is 1. The van der Waals surface area contributed by atoms with Gasteiger partial charge in [-0.05, 0) is 18.4 Å². The molecular weight excluding hydrogens is 300 g/mol. The standard InChI is InChI=1S/C12H13BrN2O3/c13-5-1-6-14-7-4-9-2-3-10(15(17)18)8-11(9)12(14)16/h2-3,8H,1,4-7H2. The van der Waals surface area contributed by atoms with E-state index < -0.39 is 4.92 Å². The Balaban J connectivity index is 2.26. The molecule has 2 rings (SSSR count). The van der Waals surface area contributed by atoms with Gasteiger partial charge >= 0.3 is 0 Å². The van der Waals surface area contributed by atoms with E-state index in [1.807, 2.05) is 0 Å². The lowest BCUT2D eigenvalue weighted by Crippen LogP contribution is -2.38. The van der Waals surface area contributed by atoms with E-state index in [0.717, 1.165) is 23.7 Å². The van der Waals surface area contributed by atoms with Crippen LogP contribution in [0.5, 0.6) is 0 Å². The molecule has 0 N–H and O–H groups in total. The smallest absolute Gasteiger partial charge is 0.270 e. The molecule has 0 atom stereocenters. The lowest BCUT2D eigenvalue weighted by atomic mass is 9.98. The zero-order valence-corrected chi connectivity index (χ0v) is 11.4. The van der Waals surface area contributed by atoms with Gasteiger partial charge in [-0.1, -0.05) is 22.0 Å². The molecular formula is C12H13BrN2O3. The first-order chi connectivity index (χ1) is 8.63. The molecule has 1 amide bonds. The van der Waals surface area contributed by atoms with E-state index in [1.165, 1.54) is 12.1 Å². The Hall–Kier alpha value is -1.43. The van der Waals surface area contributed by atoms with Gasteiger partial charge in [0.2, 0.25) is 0 Å². The van der Waals surface area contributed by atoms with E-state index in [-0.39, 0.29) is 11.6 Å². The van der Waals surface area contributed by atoms with Crippen molar-refractivity contribution in [3.05, 3.63) is 39.4 Å². The Bertz CT molecular complexity index is 490. The van der Waals surface area contributed by atoms with Crippen molar-refractivity contribution >= 4 is 27.5 Å². The number of amides is 1. The maximum absolute atomic E-state index is 12.2. The quantitative estimate of drug-likeness (QED) is 0.487. The summed E-state index contributed by atoms with van der Waals surface area (Å²) in [4.78, 5) is 24.2. The Kier molecular flexibility index (Phi) is 3.96. The number of halogens is 1. The van der Waals surface area contributed by atoms with Gasteiger partial charge in [-0.2, -0.15) is 0 Å². The minimum atomic E-state index is -0.467. The molecule has 5 nitrogen and oxygen atoms in total. The second kappa shape index (κ2) is 5.48. The van der Waals surface area contributed by atoms with Gasteiger partial charge in [-0.15, -0.1) is 0 Å². The maximum atomic E-state index is 12.2. The number of non-ortho nitro benzene ring substituents is 1. The molecule has 1 aromatic carbocycles. The summed E-state index contributed by atoms with van der Waals surface area (Å²) in [7, 11) is 0. The van der Waals surface area contributed by atoms with Crippen LogP contribution in [0.1, 0.15) is 22.3 Å². The monoisotopic (exact) mass is 312 g/mol. The third-order valence-corrected chi connectivity index (χ3v) is 3.60. The average molecular weight is 313 g/mol. The van der Waals surface area contributed by atoms with Crippen molar-refractivity contribution in [1.29, 1.82) is 0 Å². The fourth-order valence-electron chi connectivity index (χ4n) is 2.09. The average Bonchev–Trinajstić information content (AvgIpc) is 2.37. The number of nitrogens with zero attached hydrogens (tertiary/aromatic N) is 2. The van der Waals surface area contributed by atoms with E-state index >= 15 is 0 Å². The van der Waals surface area contributed by atoms with Crippen LogP contribution in [-0.2, 0) is 6.42 Å². The van der Waals surface area contributed by atoms with Crippen molar-refractivity contribution in [3.8, 4) is 0 Å². The summed E-state index contributed by atoms with van der Waals surface area (Å²) < 4.78 is 0. The van der Waals surface area contributed by atoms with Crippen LogP contribution in [0.4, 0.5) is 5.69 Å². The number of hydrogen-bond acceptors (Lipinski definition) is 3. The minimum Gasteiger partial charge on any atom is -0.338 e. The first-order valence-electron chi connectivity index (χ1n) is 5.76. The molecule has 0 fully saturated rings. The maximum Gasteiger partial charge on any atom is 0.270 e. The van der Waals surface area contributed by atoms with Crippen LogP contribution in [-0.4, -0.2) is 34.2 Å². The molecule has 18 heavy (non-hydrogen) atoms. The summed E-state index contributed by atoms with van der Waals surface area (Å²) in [5.41, 5.74) is 1.36. The molecule has 0 saturated carbocycles. The number of carbonyl (C=O) groups is 1. The van der Waals surface area contributed by atoms with Crippen LogP contribution in [0.15, 0.2) is 18.2 Å². The van der Waals surface area contributed by atoms with Crippen molar-refractivity contribution in [1.82, 2.24) is 4.90 Å². The fraction of sp³-hybridized carbons (Fsp3) is 0.417. The molecule has 0 radical (unpaired) electrons. The van der Waals surface area contributed by atoms with E-state index in [0.29, 0.717) is 18.7 Å². The van der Waals surface area contributed by atoms with Gasteiger partial charge in [-0.25, -0.2) is 0 Å². The van der Waals surface area contributed by atoms with Crippen LogP contribution in [0.25, 0.3) is 0 Å². The number of rotatable bonds is 4. The summed E-state index contributed by atoms with van der Waals surface area (Å²) in [6.45, 7) is 1.38. The molecule has 0 aromatic heterocycles. The van der Waals surface area contributed by atoms with E-state index in [1.54, 1.807) is 11.0 Å². The lowest BCUT2D eigenvalue weighted by Gasteiger charge is -2.28. The number of nitro benzene ring substituents is 1. The molecule has 96 valence electrons. The van der Waals surface area contributed by atoms with Crippen molar-refractivity contribution in [2.75, 3.05) is 18.4 Å². The highest BCUT2D eigenvalue weighted by Crippen LogP contribution is 2.23. The topological polar surface area (TPSA) is 63.4 Å². The zero-order chi connectivity index (χ0) is 13.1. The second-order valence-corrected chi connectivity index (χ2v) is 4.98. The summed E-state index contributed by atoms with van der Waals surface area (Å²) in [5.74, 6) is -0.0964. The molecule has 1 aliphatic heterocycles. The van der Waals surface area contributed by atoms with Crippen molar-refractivity contribution in [3.63, 3.8) is 0 Å². The van der Waals surface area contributed by atoms with Gasteiger partial charge in [0.25, 0.3) is 11.6 Å². The van der Waals surface area contributed by atoms with Crippen molar-refractivity contribution in [2.45, 2.75) is 12.8 Å². The van der Waals surface area contributed by atoms with Crippen LogP contribution < -0.4 is 0 Å². The summed E-state index contributed by atoms with van der Waals surface area (Å²) in [6.07, 6.45) is 1.65. The van der Waals surface area contributed by atoms with Gasteiger partial charge < -0.3 is 4.90 Å². The third kappa shape index (κ3) is 2.53. The summed E-state index contributed by atoms with van der Waals surface area (Å²) in [5, 5.41) is 11.6. The van der Waals surface area contributed by atoms with Crippen LogP contribution >= 0.6 is 15.9 Å².